The zero-order valence-corrected chi connectivity index (χ0v) is 12.5. The summed E-state index contributed by atoms with van der Waals surface area (Å²) in [7, 11) is -4.09. The van der Waals surface area contributed by atoms with E-state index in [0.29, 0.717) is 23.5 Å². The Kier molecular flexibility index (Phi) is 4.24. The monoisotopic (exact) mass is 375 g/mol. The quantitative estimate of drug-likeness (QED) is 0.804. The number of primary sulfonamides is 1. The minimum atomic E-state index is -4.98. The molecule has 1 aromatic heterocycles. The second kappa shape index (κ2) is 5.49. The molecule has 2 rings (SSSR count). The molecule has 11 heteroatoms. The lowest BCUT2D eigenvalue weighted by molar-refractivity contribution is -0.143. The van der Waals surface area contributed by atoms with Crippen LogP contribution in [0.1, 0.15) is 11.1 Å². The third-order valence-electron chi connectivity index (χ3n) is 2.73. The minimum absolute atomic E-state index is 0.00229. The van der Waals surface area contributed by atoms with E-state index in [1.165, 1.54) is 0 Å². The number of alkyl halides is 6. The number of hydrogen-bond acceptors (Lipinski definition) is 3. The zero-order valence-electron chi connectivity index (χ0n) is 10.9. The molecule has 23 heavy (non-hydrogen) atoms. The fourth-order valence-electron chi connectivity index (χ4n) is 1.73. The Morgan fingerprint density at radius 2 is 1.35 bits per heavy atom. The van der Waals surface area contributed by atoms with Crippen molar-refractivity contribution in [1.29, 1.82) is 0 Å². The number of benzene rings is 1. The lowest BCUT2D eigenvalue weighted by Gasteiger charge is -2.13. The molecule has 0 spiro atoms. The molecular weight excluding hydrogens is 368 g/mol. The number of hydrogen-bond donors (Lipinski definition) is 1. The Morgan fingerprint density at radius 1 is 0.870 bits per heavy atom. The Morgan fingerprint density at radius 3 is 1.70 bits per heavy atom. The molecule has 1 heterocycles. The summed E-state index contributed by atoms with van der Waals surface area (Å²) in [5, 5.41) is 4.87. The zero-order chi connectivity index (χ0) is 17.6. The third kappa shape index (κ3) is 4.03. The fraction of sp³-hybridized carbons (Fsp3) is 0.167. The molecule has 0 saturated heterocycles. The maximum Gasteiger partial charge on any atom is 0.416 e. The smallest absolute Gasteiger partial charge is 0.224 e. The van der Waals surface area contributed by atoms with Crippen molar-refractivity contribution in [3.8, 4) is 10.4 Å². The van der Waals surface area contributed by atoms with Gasteiger partial charge in [-0.2, -0.15) is 26.3 Å². The van der Waals surface area contributed by atoms with Gasteiger partial charge in [-0.1, -0.05) is 0 Å². The second-order valence-electron chi connectivity index (χ2n) is 4.46. The molecule has 0 atom stereocenters. The van der Waals surface area contributed by atoms with Gasteiger partial charge >= 0.3 is 12.4 Å². The van der Waals surface area contributed by atoms with E-state index in [1.807, 2.05) is 0 Å². The van der Waals surface area contributed by atoms with Crippen LogP contribution >= 0.6 is 11.3 Å². The van der Waals surface area contributed by atoms with Crippen LogP contribution in [0.15, 0.2) is 34.5 Å². The second-order valence-corrected chi connectivity index (χ2v) is 7.33. The molecule has 0 radical (unpaired) electrons. The molecule has 0 aliphatic rings. The van der Waals surface area contributed by atoms with E-state index in [0.717, 1.165) is 12.1 Å². The van der Waals surface area contributed by atoms with Crippen LogP contribution in [0.3, 0.4) is 0 Å². The maximum absolute atomic E-state index is 12.8. The van der Waals surface area contributed by atoms with Gasteiger partial charge in [0.25, 0.3) is 0 Å². The van der Waals surface area contributed by atoms with E-state index in [-0.39, 0.29) is 15.2 Å². The molecule has 0 amide bonds. The molecule has 0 fully saturated rings. The van der Waals surface area contributed by atoms with Crippen molar-refractivity contribution in [3.63, 3.8) is 0 Å². The summed E-state index contributed by atoms with van der Waals surface area (Å²) in [5.74, 6) is 0. The Bertz CT molecular complexity index is 804. The van der Waals surface area contributed by atoms with Crippen molar-refractivity contribution in [1.82, 2.24) is 0 Å². The van der Waals surface area contributed by atoms with Crippen LogP contribution < -0.4 is 5.14 Å². The first-order valence-corrected chi connectivity index (χ1v) is 8.07. The minimum Gasteiger partial charge on any atom is -0.224 e. The van der Waals surface area contributed by atoms with Gasteiger partial charge in [0, 0.05) is 4.88 Å². The summed E-state index contributed by atoms with van der Waals surface area (Å²) in [6, 6.07) is 3.16. The van der Waals surface area contributed by atoms with Gasteiger partial charge in [-0.05, 0) is 35.9 Å². The molecule has 126 valence electrons. The van der Waals surface area contributed by atoms with E-state index in [9.17, 15) is 34.8 Å². The first-order chi connectivity index (χ1) is 10.3. The largest absolute Gasteiger partial charge is 0.416 e. The summed E-state index contributed by atoms with van der Waals surface area (Å²) in [5.41, 5.74) is -3.35. The number of nitrogens with two attached hydrogens (primary N) is 1. The van der Waals surface area contributed by atoms with Crippen molar-refractivity contribution < 1.29 is 34.8 Å². The van der Waals surface area contributed by atoms with Gasteiger partial charge < -0.3 is 0 Å². The predicted molar refractivity (Wildman–Crippen MR) is 71.1 cm³/mol. The highest BCUT2D eigenvalue weighted by molar-refractivity contribution is 7.91. The molecule has 1 aromatic carbocycles. The Labute approximate surface area is 130 Å². The number of halogens is 6. The van der Waals surface area contributed by atoms with Gasteiger partial charge in [0.1, 0.15) is 4.21 Å². The topological polar surface area (TPSA) is 60.2 Å². The van der Waals surface area contributed by atoms with E-state index in [4.69, 9.17) is 5.14 Å². The van der Waals surface area contributed by atoms with E-state index >= 15 is 0 Å². The van der Waals surface area contributed by atoms with E-state index < -0.39 is 39.1 Å². The number of thiophene rings is 1. The molecule has 2 N–H and O–H groups in total. The van der Waals surface area contributed by atoms with Crippen LogP contribution in [0.2, 0.25) is 0 Å². The van der Waals surface area contributed by atoms with Crippen LogP contribution in [0, 0.1) is 0 Å². The highest BCUT2D eigenvalue weighted by Crippen LogP contribution is 2.40. The maximum atomic E-state index is 12.8. The van der Waals surface area contributed by atoms with Crippen LogP contribution in [-0.2, 0) is 22.4 Å². The Balaban J connectivity index is 2.65. The van der Waals surface area contributed by atoms with Gasteiger partial charge in [0.2, 0.25) is 10.0 Å². The SMILES string of the molecule is NS(=O)(=O)c1ccc(-c2cc(C(F)(F)F)cc(C(F)(F)F)c2)s1. The fourth-order valence-corrected chi connectivity index (χ4v) is 3.44. The van der Waals surface area contributed by atoms with Crippen LogP contribution in [-0.4, -0.2) is 8.42 Å². The van der Waals surface area contributed by atoms with Gasteiger partial charge in [-0.25, -0.2) is 13.6 Å². The van der Waals surface area contributed by atoms with Crippen molar-refractivity contribution in [2.75, 3.05) is 0 Å². The average molecular weight is 375 g/mol. The Hall–Kier alpha value is -1.59. The van der Waals surface area contributed by atoms with Crippen molar-refractivity contribution >= 4 is 21.4 Å². The normalized spacial score (nSPS) is 13.3. The van der Waals surface area contributed by atoms with E-state index in [1.54, 1.807) is 0 Å². The summed E-state index contributed by atoms with van der Waals surface area (Å²) in [6.07, 6.45) is -9.95. The van der Waals surface area contributed by atoms with Gasteiger partial charge in [-0.3, -0.25) is 0 Å². The van der Waals surface area contributed by atoms with Crippen molar-refractivity contribution in [2.45, 2.75) is 16.6 Å². The molecule has 3 nitrogen and oxygen atoms in total. The molecule has 0 bridgehead atoms. The summed E-state index contributed by atoms with van der Waals surface area (Å²) in [4.78, 5) is -0.0781. The van der Waals surface area contributed by atoms with Crippen LogP contribution in [0.4, 0.5) is 26.3 Å². The standard InChI is InChI=1S/C12H7F6NO2S2/c13-11(14,15)7-3-6(4-8(5-7)12(16,17)18)9-1-2-10(22-9)23(19,20)21/h1-5H,(H2,19,20,21). The van der Waals surface area contributed by atoms with Crippen LogP contribution in [0.5, 0.6) is 0 Å². The molecule has 0 saturated carbocycles. The number of rotatable bonds is 2. The molecular formula is C12H7F6NO2S2. The average Bonchev–Trinajstić information content (AvgIpc) is 2.85. The van der Waals surface area contributed by atoms with Crippen LogP contribution in [0.25, 0.3) is 10.4 Å². The lowest BCUT2D eigenvalue weighted by atomic mass is 10.0. The molecule has 2 aromatic rings. The van der Waals surface area contributed by atoms with Gasteiger partial charge in [-0.15, -0.1) is 11.3 Å². The third-order valence-corrected chi connectivity index (χ3v) is 5.31. The van der Waals surface area contributed by atoms with Crippen molar-refractivity contribution in [2.24, 2.45) is 5.14 Å². The van der Waals surface area contributed by atoms with E-state index in [2.05, 4.69) is 0 Å². The highest BCUT2D eigenvalue weighted by Gasteiger charge is 2.37. The van der Waals surface area contributed by atoms with Gasteiger partial charge in [0.15, 0.2) is 0 Å². The molecule has 0 unspecified atom stereocenters. The highest BCUT2D eigenvalue weighted by atomic mass is 32.2. The summed E-state index contributed by atoms with van der Waals surface area (Å²) >= 11 is 0.484. The number of sulfonamides is 1. The van der Waals surface area contributed by atoms with Gasteiger partial charge in [0.05, 0.1) is 11.1 Å². The first kappa shape index (κ1) is 17.8. The molecule has 0 aliphatic heterocycles. The molecule has 0 aliphatic carbocycles. The van der Waals surface area contributed by atoms with Crippen molar-refractivity contribution in [3.05, 3.63) is 41.5 Å². The lowest BCUT2D eigenvalue weighted by Crippen LogP contribution is -2.11. The summed E-state index contributed by atoms with van der Waals surface area (Å²) < 4.78 is 98.6. The first-order valence-electron chi connectivity index (χ1n) is 5.71. The summed E-state index contributed by atoms with van der Waals surface area (Å²) in [6.45, 7) is 0. The predicted octanol–water partition coefficient (Wildman–Crippen LogP) is 4.10.